The van der Waals surface area contributed by atoms with E-state index in [4.69, 9.17) is 0 Å². The molecule has 0 radical (unpaired) electrons. The highest BCUT2D eigenvalue weighted by atomic mass is 16.1. The molecule has 0 atom stereocenters. The van der Waals surface area contributed by atoms with Gasteiger partial charge in [0.15, 0.2) is 11.6 Å². The smallest absolute Gasteiger partial charge is 0.196 e. The molecule has 0 fully saturated rings. The van der Waals surface area contributed by atoms with E-state index in [0.717, 1.165) is 0 Å². The number of carbonyl (C=O) groups is 2. The highest BCUT2D eigenvalue weighted by Crippen LogP contribution is 2.35. The molecule has 9 heteroatoms. The third kappa shape index (κ3) is 4.28. The van der Waals surface area contributed by atoms with E-state index in [2.05, 4.69) is 35.6 Å². The van der Waals surface area contributed by atoms with Gasteiger partial charge in [0.05, 0.1) is 11.1 Å². The number of ketones is 2. The maximum Gasteiger partial charge on any atom is 0.196 e. The number of hydrogen-bond donors (Lipinski definition) is 4. The summed E-state index contributed by atoms with van der Waals surface area (Å²) < 4.78 is 0. The number of nitrogens with zero attached hydrogens (tertiary/aromatic N) is 3. The predicted molar refractivity (Wildman–Crippen MR) is 144 cm³/mol. The van der Waals surface area contributed by atoms with Crippen LogP contribution in [-0.2, 0) is 0 Å². The van der Waals surface area contributed by atoms with E-state index in [1.165, 1.54) is 6.33 Å². The van der Waals surface area contributed by atoms with Gasteiger partial charge in [0.2, 0.25) is 0 Å². The van der Waals surface area contributed by atoms with Gasteiger partial charge >= 0.3 is 0 Å². The van der Waals surface area contributed by atoms with Crippen LogP contribution in [0.25, 0.3) is 11.1 Å². The molecule has 0 saturated heterocycles. The molecule has 0 spiro atoms. The van der Waals surface area contributed by atoms with E-state index in [1.807, 2.05) is 36.4 Å². The average molecular weight is 500 g/mol. The summed E-state index contributed by atoms with van der Waals surface area (Å²) >= 11 is 0. The van der Waals surface area contributed by atoms with Crippen LogP contribution in [0.5, 0.6) is 0 Å². The number of aromatic amines is 2. The quantitative estimate of drug-likeness (QED) is 0.201. The molecule has 0 bridgehead atoms. The first kappa shape index (κ1) is 22.9. The lowest BCUT2D eigenvalue weighted by Gasteiger charge is -2.10. The maximum atomic E-state index is 13.1. The molecule has 2 aliphatic heterocycles. The van der Waals surface area contributed by atoms with Crippen molar-refractivity contribution in [2.24, 2.45) is 0 Å². The molecule has 2 aromatic carbocycles. The molecule has 0 amide bonds. The van der Waals surface area contributed by atoms with E-state index < -0.39 is 0 Å². The third-order valence-electron chi connectivity index (χ3n) is 6.12. The number of H-pyrrole nitrogens is 2. The van der Waals surface area contributed by atoms with Crippen molar-refractivity contribution < 1.29 is 9.59 Å². The van der Waals surface area contributed by atoms with E-state index in [1.54, 1.807) is 61.2 Å². The fraction of sp³-hybridized carbons (Fsp3) is 0. The highest BCUT2D eigenvalue weighted by Gasteiger charge is 2.21. The lowest BCUT2D eigenvalue weighted by atomic mass is 10.1. The summed E-state index contributed by atoms with van der Waals surface area (Å²) in [6.45, 7) is 0. The molecular formula is C29H21N7O2. The first-order chi connectivity index (χ1) is 18.7. The Hall–Kier alpha value is -5.57. The summed E-state index contributed by atoms with van der Waals surface area (Å²) in [5.41, 5.74) is 3.50. The molecule has 2 aliphatic rings. The summed E-state index contributed by atoms with van der Waals surface area (Å²) in [5.74, 6) is 1.72. The molecule has 0 aliphatic carbocycles. The Kier molecular flexibility index (Phi) is 5.91. The van der Waals surface area contributed by atoms with Crippen LogP contribution >= 0.6 is 0 Å². The molecule has 4 heterocycles. The van der Waals surface area contributed by atoms with Crippen molar-refractivity contribution in [2.45, 2.75) is 0 Å². The van der Waals surface area contributed by atoms with Crippen molar-refractivity contribution in [3.05, 3.63) is 126 Å². The van der Waals surface area contributed by atoms with Gasteiger partial charge in [-0.3, -0.25) is 14.6 Å². The van der Waals surface area contributed by atoms with Crippen LogP contribution in [0.1, 0.15) is 31.8 Å². The van der Waals surface area contributed by atoms with Crippen molar-refractivity contribution in [3.8, 4) is 11.1 Å². The van der Waals surface area contributed by atoms with Gasteiger partial charge in [0.1, 0.15) is 29.6 Å². The van der Waals surface area contributed by atoms with Crippen LogP contribution in [0, 0.1) is 0 Å². The van der Waals surface area contributed by atoms with Crippen LogP contribution in [0.3, 0.4) is 0 Å². The standard InChI is InChI=1S/C29H21N7O2/c37-24(18-7-3-1-4-8-18)20-11-13-31-26(20)35-28-22-15-30-16-23(22)29(34-17-33-28)36-27-21(12-14-32-27)25(38)19-9-5-2-6-10-19/h1-17,31-32H,(H2,33,34,35,36). The Bertz CT molecular complexity index is 1580. The summed E-state index contributed by atoms with van der Waals surface area (Å²) in [5, 5.41) is 6.46. The SMILES string of the molecule is O=C(c1ccccc1)c1cc[nH]c1Nc1ncnc(Nc2[nH]ccc2C(=O)c2ccccc2)c2cncc1-2. The van der Waals surface area contributed by atoms with Gasteiger partial charge in [0.25, 0.3) is 0 Å². The molecule has 9 nitrogen and oxygen atoms in total. The fourth-order valence-electron chi connectivity index (χ4n) is 4.24. The molecule has 184 valence electrons. The number of rotatable bonds is 8. The number of fused-ring (bicyclic) bond motifs is 1. The average Bonchev–Trinajstić information content (AvgIpc) is 3.72. The predicted octanol–water partition coefficient (Wildman–Crippen LogP) is 5.58. The van der Waals surface area contributed by atoms with Gasteiger partial charge in [-0.25, -0.2) is 9.97 Å². The summed E-state index contributed by atoms with van der Waals surface area (Å²) in [4.78, 5) is 45.6. The van der Waals surface area contributed by atoms with Crippen molar-refractivity contribution in [2.75, 3.05) is 10.6 Å². The molecule has 38 heavy (non-hydrogen) atoms. The van der Waals surface area contributed by atoms with Gasteiger partial charge in [-0.05, 0) is 12.1 Å². The lowest BCUT2D eigenvalue weighted by Crippen LogP contribution is -2.05. The third-order valence-corrected chi connectivity index (χ3v) is 6.12. The number of benzene rings is 2. The summed E-state index contributed by atoms with van der Waals surface area (Å²) in [6.07, 6.45) is 8.15. The van der Waals surface area contributed by atoms with Crippen molar-refractivity contribution in [1.82, 2.24) is 24.9 Å². The number of anilines is 4. The van der Waals surface area contributed by atoms with Crippen LogP contribution in [0.2, 0.25) is 0 Å². The van der Waals surface area contributed by atoms with Crippen LogP contribution in [0.4, 0.5) is 23.3 Å². The summed E-state index contributed by atoms with van der Waals surface area (Å²) in [7, 11) is 0. The topological polar surface area (TPSA) is 128 Å². The minimum Gasteiger partial charge on any atom is -0.348 e. The second-order valence-electron chi connectivity index (χ2n) is 8.48. The first-order valence-electron chi connectivity index (χ1n) is 11.9. The van der Waals surface area contributed by atoms with Crippen LogP contribution in [0.15, 0.2) is 104 Å². The molecule has 0 saturated carbocycles. The Morgan fingerprint density at radius 1 is 0.605 bits per heavy atom. The zero-order chi connectivity index (χ0) is 25.9. The minimum atomic E-state index is -0.116. The first-order valence-corrected chi connectivity index (χ1v) is 11.9. The molecular weight excluding hydrogens is 478 g/mol. The van der Waals surface area contributed by atoms with Crippen molar-refractivity contribution in [1.29, 1.82) is 0 Å². The monoisotopic (exact) mass is 499 g/mol. The van der Waals surface area contributed by atoms with E-state index in [9.17, 15) is 9.59 Å². The van der Waals surface area contributed by atoms with E-state index in [-0.39, 0.29) is 11.6 Å². The van der Waals surface area contributed by atoms with Gasteiger partial charge in [-0.1, -0.05) is 60.7 Å². The summed E-state index contributed by atoms with van der Waals surface area (Å²) in [6, 6.07) is 21.6. The lowest BCUT2D eigenvalue weighted by molar-refractivity contribution is 0.103. The maximum absolute atomic E-state index is 13.1. The zero-order valence-corrected chi connectivity index (χ0v) is 20.0. The molecule has 0 unspecified atom stereocenters. The molecule has 6 rings (SSSR count). The van der Waals surface area contributed by atoms with Crippen LogP contribution in [-0.4, -0.2) is 36.5 Å². The Morgan fingerprint density at radius 2 is 1.05 bits per heavy atom. The van der Waals surface area contributed by atoms with Gasteiger partial charge in [-0.15, -0.1) is 0 Å². The number of hydrogen-bond acceptors (Lipinski definition) is 7. The van der Waals surface area contributed by atoms with Crippen LogP contribution < -0.4 is 10.6 Å². The Morgan fingerprint density at radius 3 is 1.50 bits per heavy atom. The van der Waals surface area contributed by atoms with E-state index >= 15 is 0 Å². The largest absolute Gasteiger partial charge is 0.348 e. The molecule has 4 aromatic rings. The van der Waals surface area contributed by atoms with Gasteiger partial charge in [-0.2, -0.15) is 0 Å². The minimum absolute atomic E-state index is 0.116. The Balaban J connectivity index is 1.29. The van der Waals surface area contributed by atoms with E-state index in [0.29, 0.717) is 56.7 Å². The second kappa shape index (κ2) is 9.82. The normalized spacial score (nSPS) is 10.8. The molecule has 4 N–H and O–H groups in total. The fourth-order valence-corrected chi connectivity index (χ4v) is 4.24. The second-order valence-corrected chi connectivity index (χ2v) is 8.48. The zero-order valence-electron chi connectivity index (χ0n) is 20.0. The highest BCUT2D eigenvalue weighted by molar-refractivity contribution is 6.13. The number of nitrogens with one attached hydrogen (secondary N) is 4. The number of aromatic nitrogens is 5. The van der Waals surface area contributed by atoms with Gasteiger partial charge < -0.3 is 20.6 Å². The van der Waals surface area contributed by atoms with Crippen molar-refractivity contribution in [3.63, 3.8) is 0 Å². The van der Waals surface area contributed by atoms with Crippen molar-refractivity contribution >= 4 is 34.8 Å². The molecule has 2 aromatic heterocycles. The van der Waals surface area contributed by atoms with Gasteiger partial charge in [0, 0.05) is 47.0 Å². The number of carbonyl (C=O) groups excluding carboxylic acids is 2. The Labute approximate surface area is 217 Å².